The van der Waals surface area contributed by atoms with Gasteiger partial charge < -0.3 is 31.0 Å². The van der Waals surface area contributed by atoms with E-state index in [1.807, 2.05) is 30.3 Å². The van der Waals surface area contributed by atoms with Gasteiger partial charge in [-0.15, -0.1) is 16.9 Å². The van der Waals surface area contributed by atoms with Crippen LogP contribution in [-0.2, 0) is 24.0 Å². The van der Waals surface area contributed by atoms with Gasteiger partial charge in [-0.1, -0.05) is 35.1 Å². The van der Waals surface area contributed by atoms with Crippen LogP contribution in [0.4, 0.5) is 0 Å². The Balaban J connectivity index is 1.24. The summed E-state index contributed by atoms with van der Waals surface area (Å²) in [6.45, 7) is -0.865. The molecule has 216 valence electrons. The molecule has 5 rings (SSSR count). The second kappa shape index (κ2) is 11.8. The smallest absolute Gasteiger partial charge is 0.344 e. The first-order valence-electron chi connectivity index (χ1n) is 11.7. The molecule has 41 heavy (non-hydrogen) atoms. The van der Waals surface area contributed by atoms with Gasteiger partial charge in [-0.25, -0.2) is 9.80 Å². The van der Waals surface area contributed by atoms with Crippen LogP contribution in [0.15, 0.2) is 51.9 Å². The SMILES string of the molecule is NC1=CN(C(=NOCC(=O)O)C(=O)NC2C(=O)N3CC(CSc4nnnn4-c4ccccc4)(C(=O)O)CS[C@H]23)NS1. The van der Waals surface area contributed by atoms with Gasteiger partial charge in [-0.2, -0.15) is 9.51 Å². The third-order valence-electron chi connectivity index (χ3n) is 6.09. The summed E-state index contributed by atoms with van der Waals surface area (Å²) in [5.41, 5.74) is 5.13. The van der Waals surface area contributed by atoms with Crippen LogP contribution < -0.4 is 15.9 Å². The fourth-order valence-corrected chi connectivity index (χ4v) is 7.30. The molecule has 2 saturated heterocycles. The van der Waals surface area contributed by atoms with Crippen molar-refractivity contribution >= 4 is 65.1 Å². The van der Waals surface area contributed by atoms with Crippen molar-refractivity contribution < 1.29 is 34.2 Å². The molecule has 0 spiro atoms. The zero-order chi connectivity index (χ0) is 29.1. The molecule has 0 bridgehead atoms. The largest absolute Gasteiger partial charge is 0.481 e. The van der Waals surface area contributed by atoms with E-state index in [1.54, 1.807) is 0 Å². The number of aliphatic carboxylic acids is 2. The predicted octanol–water partition coefficient (Wildman–Crippen LogP) is -1.13. The van der Waals surface area contributed by atoms with Crippen molar-refractivity contribution in [1.29, 1.82) is 0 Å². The molecule has 2 aromatic rings. The van der Waals surface area contributed by atoms with Crippen molar-refractivity contribution in [1.82, 2.24) is 40.3 Å². The Morgan fingerprint density at radius 1 is 1.29 bits per heavy atom. The highest BCUT2D eigenvalue weighted by atomic mass is 32.2. The number of carbonyl (C=O) groups is 4. The van der Waals surface area contributed by atoms with E-state index in [2.05, 4.69) is 30.8 Å². The van der Waals surface area contributed by atoms with E-state index in [0.29, 0.717) is 10.2 Å². The van der Waals surface area contributed by atoms with Crippen molar-refractivity contribution in [3.05, 3.63) is 41.6 Å². The molecule has 1 aromatic heterocycles. The van der Waals surface area contributed by atoms with Crippen molar-refractivity contribution in [2.24, 2.45) is 16.3 Å². The number of rotatable bonds is 9. The summed E-state index contributed by atoms with van der Waals surface area (Å²) < 4.78 is 1.51. The lowest BCUT2D eigenvalue weighted by atomic mass is 9.89. The Bertz CT molecular complexity index is 1420. The number of hydrazine groups is 1. The fourth-order valence-electron chi connectivity index (χ4n) is 4.04. The quantitative estimate of drug-likeness (QED) is 0.0556. The highest BCUT2D eigenvalue weighted by Gasteiger charge is 2.57. The zero-order valence-electron chi connectivity index (χ0n) is 20.8. The van der Waals surface area contributed by atoms with Gasteiger partial charge in [-0.05, 0) is 34.5 Å². The summed E-state index contributed by atoms with van der Waals surface area (Å²) in [6.07, 6.45) is 1.34. The van der Waals surface area contributed by atoms with Crippen LogP contribution in [0.5, 0.6) is 0 Å². The van der Waals surface area contributed by atoms with Gasteiger partial charge in [0.25, 0.3) is 11.7 Å². The maximum absolute atomic E-state index is 13.1. The number of fused-ring (bicyclic) bond motifs is 1. The van der Waals surface area contributed by atoms with E-state index in [-0.39, 0.29) is 23.9 Å². The third-order valence-corrected chi connectivity index (χ3v) is 9.52. The lowest BCUT2D eigenvalue weighted by Crippen LogP contribution is -2.74. The summed E-state index contributed by atoms with van der Waals surface area (Å²) in [5.74, 6) is -3.78. The van der Waals surface area contributed by atoms with Crippen molar-refractivity contribution in [2.45, 2.75) is 16.6 Å². The normalized spacial score (nSPS) is 23.9. The Labute approximate surface area is 244 Å². The minimum absolute atomic E-state index is 0.0721. The summed E-state index contributed by atoms with van der Waals surface area (Å²) in [7, 11) is 0. The molecule has 2 amide bonds. The van der Waals surface area contributed by atoms with E-state index >= 15 is 0 Å². The van der Waals surface area contributed by atoms with Gasteiger partial charge in [0.1, 0.15) is 21.9 Å². The summed E-state index contributed by atoms with van der Waals surface area (Å²) in [5, 5.41) is 38.2. The number of thioether (sulfide) groups is 2. The van der Waals surface area contributed by atoms with Crippen LogP contribution in [0.3, 0.4) is 0 Å². The van der Waals surface area contributed by atoms with Gasteiger partial charge in [0.05, 0.1) is 11.9 Å². The predicted molar refractivity (Wildman–Crippen MR) is 146 cm³/mol. The molecule has 3 atom stereocenters. The van der Waals surface area contributed by atoms with Crippen LogP contribution in [0.2, 0.25) is 0 Å². The van der Waals surface area contributed by atoms with E-state index in [4.69, 9.17) is 15.7 Å². The second-order valence-electron chi connectivity index (χ2n) is 8.88. The van der Waals surface area contributed by atoms with Crippen LogP contribution in [0.25, 0.3) is 5.69 Å². The first-order chi connectivity index (χ1) is 19.7. The number of β-lactam (4-membered cyclic amide) rings is 1. The average Bonchev–Trinajstić information content (AvgIpc) is 3.61. The molecular formula is C21H22N10O7S3. The number of nitrogens with one attached hydrogen (secondary N) is 2. The van der Waals surface area contributed by atoms with Crippen LogP contribution in [0, 0.1) is 5.41 Å². The number of tetrazole rings is 1. The number of nitrogens with zero attached hydrogens (tertiary/aromatic N) is 7. The number of hydrogen-bond donors (Lipinski definition) is 5. The number of carboxylic acids is 2. The number of carboxylic acid groups (broad SMARTS) is 2. The third kappa shape index (κ3) is 5.89. The number of oxime groups is 1. The molecule has 0 saturated carbocycles. The molecule has 3 aliphatic heterocycles. The summed E-state index contributed by atoms with van der Waals surface area (Å²) >= 11 is 3.39. The number of amides is 2. The molecule has 6 N–H and O–H groups in total. The Hall–Kier alpha value is -4.01. The van der Waals surface area contributed by atoms with E-state index in [9.17, 15) is 24.3 Å². The van der Waals surface area contributed by atoms with Crippen LogP contribution >= 0.6 is 35.5 Å². The number of para-hydroxylation sites is 1. The molecule has 17 nitrogen and oxygen atoms in total. The number of nitrogens with two attached hydrogens (primary N) is 1. The molecule has 0 aliphatic carbocycles. The first kappa shape index (κ1) is 28.5. The van der Waals surface area contributed by atoms with E-state index in [0.717, 1.165) is 22.6 Å². The molecule has 0 radical (unpaired) electrons. The second-order valence-corrected chi connectivity index (χ2v) is 11.8. The summed E-state index contributed by atoms with van der Waals surface area (Å²) in [6, 6.07) is 8.19. The maximum atomic E-state index is 13.1. The summed E-state index contributed by atoms with van der Waals surface area (Å²) in [4.78, 5) is 58.2. The minimum Gasteiger partial charge on any atom is -0.481 e. The molecule has 1 aromatic carbocycles. The molecular weight excluding hydrogens is 600 g/mol. The highest BCUT2D eigenvalue weighted by Crippen LogP contribution is 2.44. The number of aromatic nitrogens is 4. The topological polar surface area (TPSA) is 230 Å². The lowest BCUT2D eigenvalue weighted by Gasteiger charge is -2.53. The van der Waals surface area contributed by atoms with Gasteiger partial charge in [-0.3, -0.25) is 14.4 Å². The van der Waals surface area contributed by atoms with Gasteiger partial charge in [0.15, 0.2) is 0 Å². The Morgan fingerprint density at radius 3 is 2.76 bits per heavy atom. The minimum atomic E-state index is -1.30. The molecule has 4 heterocycles. The maximum Gasteiger partial charge on any atom is 0.344 e. The molecule has 20 heteroatoms. The van der Waals surface area contributed by atoms with Gasteiger partial charge in [0.2, 0.25) is 17.7 Å². The van der Waals surface area contributed by atoms with E-state index < -0.39 is 47.2 Å². The lowest BCUT2D eigenvalue weighted by molar-refractivity contribution is -0.157. The Kier molecular flexibility index (Phi) is 8.24. The van der Waals surface area contributed by atoms with E-state index in [1.165, 1.54) is 39.3 Å². The van der Waals surface area contributed by atoms with Crippen molar-refractivity contribution in [2.75, 3.05) is 24.7 Å². The number of amidine groups is 1. The number of hydrogen-bond acceptors (Lipinski definition) is 14. The molecule has 2 unspecified atom stereocenters. The fraction of sp³-hybridized carbons (Fsp3) is 0.333. The van der Waals surface area contributed by atoms with Gasteiger partial charge >= 0.3 is 11.9 Å². The van der Waals surface area contributed by atoms with Gasteiger partial charge in [0, 0.05) is 18.1 Å². The first-order valence-corrected chi connectivity index (χ1v) is 14.6. The average molecular weight is 623 g/mol. The Morgan fingerprint density at radius 2 is 2.07 bits per heavy atom. The molecule has 3 aliphatic rings. The van der Waals surface area contributed by atoms with Crippen molar-refractivity contribution in [3.63, 3.8) is 0 Å². The molecule has 2 fully saturated rings. The standard InChI is InChI=1S/C21H22N10O7S3/c22-12-6-30(28-41-12)15(25-38-7-13(32)33)16(34)23-14-17(35)29-8-21(19(36)37,9-39-18(14)29)10-40-20-24-26-27-31(20)11-4-2-1-3-5-11/h1-6,14,18,28H,7-10,22H2,(H,23,34)(H,32,33)(H,36,37)/t14?,18-,21?/m1/s1. The zero-order valence-corrected chi connectivity index (χ0v) is 23.3. The highest BCUT2D eigenvalue weighted by molar-refractivity contribution is 8.01. The number of carbonyl (C=O) groups excluding carboxylic acids is 2. The van der Waals surface area contributed by atoms with Crippen LogP contribution in [0.1, 0.15) is 0 Å². The monoisotopic (exact) mass is 622 g/mol. The van der Waals surface area contributed by atoms with Crippen molar-refractivity contribution in [3.8, 4) is 5.69 Å². The number of benzene rings is 1. The van der Waals surface area contributed by atoms with Crippen LogP contribution in [-0.4, -0.2) is 106 Å².